The first-order valence-electron chi connectivity index (χ1n) is 7.06. The summed E-state index contributed by atoms with van der Waals surface area (Å²) in [6, 6.07) is 10.8. The lowest BCUT2D eigenvalue weighted by Crippen LogP contribution is -2.32. The Morgan fingerprint density at radius 1 is 1.33 bits per heavy atom. The Labute approximate surface area is 133 Å². The Morgan fingerprint density at radius 3 is 2.71 bits per heavy atom. The standard InChI is InChI=1S/C16H16ClN3S/c1-11-4-2-3-5-13(11)12-6-8-20(9-7-12)16-14(10-18)15(17)19-21-16/h2-5,12H,6-9H2,1H3. The van der Waals surface area contributed by atoms with Crippen LogP contribution < -0.4 is 4.90 Å². The molecule has 1 fully saturated rings. The van der Waals surface area contributed by atoms with E-state index >= 15 is 0 Å². The van der Waals surface area contributed by atoms with Crippen LogP contribution in [0.4, 0.5) is 5.00 Å². The molecule has 1 saturated heterocycles. The molecule has 0 bridgehead atoms. The fourth-order valence-corrected chi connectivity index (χ4v) is 4.09. The van der Waals surface area contributed by atoms with Gasteiger partial charge in [0.05, 0.1) is 0 Å². The zero-order chi connectivity index (χ0) is 14.8. The van der Waals surface area contributed by atoms with Crippen molar-refractivity contribution in [3.8, 4) is 6.07 Å². The third-order valence-corrected chi connectivity index (χ3v) is 5.44. The number of nitriles is 1. The van der Waals surface area contributed by atoms with E-state index in [9.17, 15) is 5.26 Å². The minimum atomic E-state index is 0.332. The van der Waals surface area contributed by atoms with E-state index in [0.717, 1.165) is 30.9 Å². The fourth-order valence-electron chi connectivity index (χ4n) is 3.01. The second kappa shape index (κ2) is 6.05. The minimum Gasteiger partial charge on any atom is -0.361 e. The van der Waals surface area contributed by atoms with Gasteiger partial charge in [0.25, 0.3) is 0 Å². The summed E-state index contributed by atoms with van der Waals surface area (Å²) >= 11 is 7.29. The van der Waals surface area contributed by atoms with Crippen LogP contribution in [0.15, 0.2) is 24.3 Å². The van der Waals surface area contributed by atoms with E-state index < -0.39 is 0 Å². The number of hydrogen-bond donors (Lipinski definition) is 0. The summed E-state index contributed by atoms with van der Waals surface area (Å²) in [5, 5.41) is 10.4. The average Bonchev–Trinajstić information content (AvgIpc) is 2.89. The molecule has 5 heteroatoms. The molecule has 21 heavy (non-hydrogen) atoms. The number of aryl methyl sites for hydroxylation is 1. The highest BCUT2D eigenvalue weighted by atomic mass is 35.5. The largest absolute Gasteiger partial charge is 0.361 e. The second-order valence-corrected chi connectivity index (χ2v) is 6.49. The molecule has 0 unspecified atom stereocenters. The van der Waals surface area contributed by atoms with Gasteiger partial charge in [0, 0.05) is 13.1 Å². The number of benzene rings is 1. The third-order valence-electron chi connectivity index (χ3n) is 4.15. The molecule has 1 aromatic heterocycles. The zero-order valence-corrected chi connectivity index (χ0v) is 13.4. The Hall–Kier alpha value is -1.57. The summed E-state index contributed by atoms with van der Waals surface area (Å²) in [5.41, 5.74) is 3.35. The summed E-state index contributed by atoms with van der Waals surface area (Å²) in [6.07, 6.45) is 2.20. The highest BCUT2D eigenvalue weighted by molar-refractivity contribution is 7.10. The fraction of sp³-hybridized carbons (Fsp3) is 0.375. The predicted octanol–water partition coefficient (Wildman–Crippen LogP) is 4.36. The van der Waals surface area contributed by atoms with Gasteiger partial charge in [-0.2, -0.15) is 9.64 Å². The number of hydrogen-bond acceptors (Lipinski definition) is 4. The Balaban J connectivity index is 1.74. The molecule has 0 N–H and O–H groups in total. The van der Waals surface area contributed by atoms with Crippen molar-refractivity contribution in [1.29, 1.82) is 5.26 Å². The van der Waals surface area contributed by atoms with Crippen molar-refractivity contribution in [1.82, 2.24) is 4.37 Å². The first-order chi connectivity index (χ1) is 10.2. The van der Waals surface area contributed by atoms with Crippen LogP contribution in [0.2, 0.25) is 5.15 Å². The monoisotopic (exact) mass is 317 g/mol. The van der Waals surface area contributed by atoms with Gasteiger partial charge in [0.2, 0.25) is 0 Å². The molecular formula is C16H16ClN3S. The summed E-state index contributed by atoms with van der Waals surface area (Å²) in [6.45, 7) is 4.08. The van der Waals surface area contributed by atoms with E-state index in [2.05, 4.69) is 46.5 Å². The average molecular weight is 318 g/mol. The van der Waals surface area contributed by atoms with Crippen LogP contribution in [-0.4, -0.2) is 17.5 Å². The van der Waals surface area contributed by atoms with Crippen molar-refractivity contribution >= 4 is 28.1 Å². The lowest BCUT2D eigenvalue weighted by atomic mass is 9.87. The molecule has 1 aromatic carbocycles. The number of piperidine rings is 1. The molecule has 3 nitrogen and oxygen atoms in total. The summed E-state index contributed by atoms with van der Waals surface area (Å²) < 4.78 is 4.10. The maximum Gasteiger partial charge on any atom is 0.162 e. The van der Waals surface area contributed by atoms with Gasteiger partial charge in [-0.25, -0.2) is 0 Å². The number of rotatable bonds is 2. The first-order valence-corrected chi connectivity index (χ1v) is 8.21. The first kappa shape index (κ1) is 14.4. The molecule has 108 valence electrons. The van der Waals surface area contributed by atoms with Gasteiger partial charge in [-0.3, -0.25) is 0 Å². The summed E-state index contributed by atoms with van der Waals surface area (Å²) in [5.74, 6) is 0.608. The van der Waals surface area contributed by atoms with Crippen LogP contribution >= 0.6 is 23.1 Å². The van der Waals surface area contributed by atoms with Crippen LogP contribution in [0.1, 0.15) is 35.4 Å². The predicted molar refractivity (Wildman–Crippen MR) is 87.2 cm³/mol. The SMILES string of the molecule is Cc1ccccc1C1CCN(c2snc(Cl)c2C#N)CC1. The van der Waals surface area contributed by atoms with E-state index in [-0.39, 0.29) is 0 Å². The molecule has 0 saturated carbocycles. The summed E-state index contributed by atoms with van der Waals surface area (Å²) in [4.78, 5) is 2.25. The topological polar surface area (TPSA) is 39.9 Å². The maximum absolute atomic E-state index is 9.19. The minimum absolute atomic E-state index is 0.332. The van der Waals surface area contributed by atoms with Gasteiger partial charge in [-0.15, -0.1) is 0 Å². The van der Waals surface area contributed by atoms with Crippen LogP contribution in [0.3, 0.4) is 0 Å². The molecule has 0 amide bonds. The smallest absolute Gasteiger partial charge is 0.162 e. The van der Waals surface area contributed by atoms with Crippen molar-refractivity contribution in [2.45, 2.75) is 25.7 Å². The molecule has 0 radical (unpaired) electrons. The molecule has 3 rings (SSSR count). The van der Waals surface area contributed by atoms with Gasteiger partial charge in [0.15, 0.2) is 5.15 Å². The molecule has 0 atom stereocenters. The number of nitrogens with zero attached hydrogens (tertiary/aromatic N) is 3. The van der Waals surface area contributed by atoms with Crippen LogP contribution in [0.5, 0.6) is 0 Å². The highest BCUT2D eigenvalue weighted by Gasteiger charge is 2.25. The lowest BCUT2D eigenvalue weighted by Gasteiger charge is -2.33. The van der Waals surface area contributed by atoms with Gasteiger partial charge < -0.3 is 4.90 Å². The molecule has 0 aliphatic carbocycles. The molecule has 2 heterocycles. The van der Waals surface area contributed by atoms with Crippen molar-refractivity contribution in [2.24, 2.45) is 0 Å². The Morgan fingerprint density at radius 2 is 2.05 bits per heavy atom. The van der Waals surface area contributed by atoms with Crippen molar-refractivity contribution < 1.29 is 0 Å². The van der Waals surface area contributed by atoms with E-state index in [1.54, 1.807) is 0 Å². The Kier molecular flexibility index (Phi) is 4.14. The highest BCUT2D eigenvalue weighted by Crippen LogP contribution is 2.36. The van der Waals surface area contributed by atoms with E-state index in [1.165, 1.54) is 22.7 Å². The Bertz CT molecular complexity index is 681. The number of aromatic nitrogens is 1. The number of anilines is 1. The van der Waals surface area contributed by atoms with E-state index in [0.29, 0.717) is 16.6 Å². The molecule has 1 aliphatic heterocycles. The van der Waals surface area contributed by atoms with E-state index in [1.807, 2.05) is 0 Å². The molecule has 1 aliphatic rings. The summed E-state index contributed by atoms with van der Waals surface area (Å²) in [7, 11) is 0. The zero-order valence-electron chi connectivity index (χ0n) is 11.8. The normalized spacial score (nSPS) is 16.0. The van der Waals surface area contributed by atoms with E-state index in [4.69, 9.17) is 11.6 Å². The third kappa shape index (κ3) is 2.76. The lowest BCUT2D eigenvalue weighted by molar-refractivity contribution is 0.505. The van der Waals surface area contributed by atoms with Crippen molar-refractivity contribution in [3.05, 3.63) is 46.1 Å². The van der Waals surface area contributed by atoms with Gasteiger partial charge in [-0.1, -0.05) is 35.9 Å². The van der Waals surface area contributed by atoms with Gasteiger partial charge in [-0.05, 0) is 48.3 Å². The van der Waals surface area contributed by atoms with Crippen molar-refractivity contribution in [3.63, 3.8) is 0 Å². The maximum atomic E-state index is 9.19. The molecule has 0 spiro atoms. The molecule has 2 aromatic rings. The van der Waals surface area contributed by atoms with Crippen LogP contribution in [-0.2, 0) is 0 Å². The van der Waals surface area contributed by atoms with Crippen molar-refractivity contribution in [2.75, 3.05) is 18.0 Å². The van der Waals surface area contributed by atoms with Crippen LogP contribution in [0, 0.1) is 18.3 Å². The molecular weight excluding hydrogens is 302 g/mol. The van der Waals surface area contributed by atoms with Gasteiger partial charge >= 0.3 is 0 Å². The number of halogens is 1. The van der Waals surface area contributed by atoms with Gasteiger partial charge in [0.1, 0.15) is 16.6 Å². The van der Waals surface area contributed by atoms with Crippen LogP contribution in [0.25, 0.3) is 0 Å². The quantitative estimate of drug-likeness (QED) is 0.826. The second-order valence-electron chi connectivity index (χ2n) is 5.38.